The summed E-state index contributed by atoms with van der Waals surface area (Å²) in [7, 11) is 0. The summed E-state index contributed by atoms with van der Waals surface area (Å²) < 4.78 is 1.95. The molecule has 4 fully saturated rings. The minimum absolute atomic E-state index is 0.0724. The minimum atomic E-state index is 0.0724. The first kappa shape index (κ1) is 16.7. The Kier molecular flexibility index (Phi) is 4.10. The maximum Gasteiger partial charge on any atom is 0.240 e. The van der Waals surface area contributed by atoms with Gasteiger partial charge < -0.3 is 4.57 Å². The monoisotopic (exact) mass is 362 g/mol. The van der Waals surface area contributed by atoms with Crippen molar-refractivity contribution in [2.75, 3.05) is 0 Å². The van der Waals surface area contributed by atoms with Gasteiger partial charge in [-0.2, -0.15) is 5.10 Å². The highest BCUT2D eigenvalue weighted by Gasteiger charge is 2.51. The van der Waals surface area contributed by atoms with E-state index in [0.717, 1.165) is 29.0 Å². The molecule has 140 valence electrons. The molecule has 1 amide bonds. The second-order valence-corrected chi connectivity index (χ2v) is 8.95. The maximum absolute atomic E-state index is 12.5. The van der Waals surface area contributed by atoms with Crippen LogP contribution in [0.1, 0.15) is 50.5 Å². The number of amides is 1. The first-order valence-corrected chi connectivity index (χ1v) is 10.1. The molecule has 5 heteroatoms. The molecule has 4 saturated carbocycles. The summed E-state index contributed by atoms with van der Waals surface area (Å²) in [6, 6.07) is 8.01. The zero-order valence-corrected chi connectivity index (χ0v) is 15.6. The van der Waals surface area contributed by atoms with Gasteiger partial charge in [-0.05, 0) is 79.4 Å². The average molecular weight is 362 g/mol. The highest BCUT2D eigenvalue weighted by Crippen LogP contribution is 2.61. The van der Waals surface area contributed by atoms with Crippen molar-refractivity contribution in [3.8, 4) is 5.69 Å². The Morgan fingerprint density at radius 2 is 1.81 bits per heavy atom. The third-order valence-corrected chi connectivity index (χ3v) is 6.80. The molecule has 2 aromatic rings. The van der Waals surface area contributed by atoms with Crippen LogP contribution in [0.25, 0.3) is 5.69 Å². The first-order chi connectivity index (χ1) is 13.2. The number of hydrazone groups is 1. The molecule has 1 heterocycles. The molecule has 0 aliphatic heterocycles. The molecule has 4 aliphatic carbocycles. The normalized spacial score (nSPS) is 31.5. The van der Waals surface area contributed by atoms with Gasteiger partial charge in [-0.3, -0.25) is 4.79 Å². The summed E-state index contributed by atoms with van der Waals surface area (Å²) >= 11 is 0. The maximum atomic E-state index is 12.5. The van der Waals surface area contributed by atoms with Crippen LogP contribution in [0.2, 0.25) is 0 Å². The van der Waals surface area contributed by atoms with Crippen LogP contribution in [0.4, 0.5) is 0 Å². The third-order valence-electron chi connectivity index (χ3n) is 6.80. The Balaban J connectivity index is 1.17. The largest absolute Gasteiger partial charge is 0.306 e. The molecule has 0 saturated heterocycles. The van der Waals surface area contributed by atoms with E-state index < -0.39 is 0 Å². The summed E-state index contributed by atoms with van der Waals surface area (Å²) in [4.78, 5) is 16.5. The predicted octanol–water partition coefficient (Wildman–Crippen LogP) is 3.93. The van der Waals surface area contributed by atoms with E-state index in [1.165, 1.54) is 38.5 Å². The van der Waals surface area contributed by atoms with Crippen LogP contribution in [0.3, 0.4) is 0 Å². The van der Waals surface area contributed by atoms with Crippen molar-refractivity contribution in [2.45, 2.75) is 44.9 Å². The molecule has 27 heavy (non-hydrogen) atoms. The summed E-state index contributed by atoms with van der Waals surface area (Å²) in [5.41, 5.74) is 5.05. The molecule has 6 rings (SSSR count). The van der Waals surface area contributed by atoms with Crippen LogP contribution in [0.15, 0.2) is 48.1 Å². The molecule has 1 aromatic carbocycles. The van der Waals surface area contributed by atoms with Crippen LogP contribution < -0.4 is 5.43 Å². The van der Waals surface area contributed by atoms with Gasteiger partial charge in [-0.25, -0.2) is 10.4 Å². The molecule has 0 unspecified atom stereocenters. The SMILES string of the molecule is O=C(CC12CC3CC(CC(C3)C1)C2)N/N=C/c1ccc(-n2ccnc2)cc1. The molecular weight excluding hydrogens is 336 g/mol. The molecule has 5 nitrogen and oxygen atoms in total. The molecule has 4 aliphatic rings. The highest BCUT2D eigenvalue weighted by atomic mass is 16.2. The van der Waals surface area contributed by atoms with E-state index in [1.54, 1.807) is 18.7 Å². The van der Waals surface area contributed by atoms with Crippen molar-refractivity contribution in [1.29, 1.82) is 0 Å². The van der Waals surface area contributed by atoms with E-state index in [9.17, 15) is 4.79 Å². The fourth-order valence-corrected chi connectivity index (χ4v) is 6.21. The van der Waals surface area contributed by atoms with Crippen molar-refractivity contribution in [3.05, 3.63) is 48.5 Å². The summed E-state index contributed by atoms with van der Waals surface area (Å²) in [6.07, 6.45) is 15.8. The Morgan fingerprint density at radius 1 is 1.15 bits per heavy atom. The van der Waals surface area contributed by atoms with E-state index in [-0.39, 0.29) is 11.3 Å². The Labute approximate surface area is 159 Å². The van der Waals surface area contributed by atoms with Crippen LogP contribution in [0, 0.1) is 23.2 Å². The number of carbonyl (C=O) groups is 1. The van der Waals surface area contributed by atoms with Gasteiger partial charge in [0.15, 0.2) is 0 Å². The van der Waals surface area contributed by atoms with Gasteiger partial charge in [0.05, 0.1) is 12.5 Å². The highest BCUT2D eigenvalue weighted by molar-refractivity contribution is 5.82. The quantitative estimate of drug-likeness (QED) is 0.647. The second kappa shape index (κ2) is 6.63. The standard InChI is InChI=1S/C22H26N4O/c27-21(13-22-10-17-7-18(11-22)9-19(8-17)12-22)25-24-14-16-1-3-20(4-2-16)26-6-5-23-15-26/h1-6,14-15,17-19H,7-13H2,(H,25,27)/b24-14+. The average Bonchev–Trinajstić information content (AvgIpc) is 3.15. The van der Waals surface area contributed by atoms with Crippen molar-refractivity contribution in [3.63, 3.8) is 0 Å². The molecule has 0 radical (unpaired) electrons. The number of benzene rings is 1. The number of aromatic nitrogens is 2. The van der Waals surface area contributed by atoms with Gasteiger partial charge in [0, 0.05) is 24.5 Å². The molecule has 1 aromatic heterocycles. The molecule has 4 bridgehead atoms. The molecule has 0 atom stereocenters. The fourth-order valence-electron chi connectivity index (χ4n) is 6.21. The Bertz CT molecular complexity index is 802. The minimum Gasteiger partial charge on any atom is -0.306 e. The number of carbonyl (C=O) groups excluding carboxylic acids is 1. The van der Waals surface area contributed by atoms with E-state index in [0.29, 0.717) is 6.42 Å². The lowest BCUT2D eigenvalue weighted by Gasteiger charge is -2.56. The lowest BCUT2D eigenvalue weighted by atomic mass is 9.49. The second-order valence-electron chi connectivity index (χ2n) is 8.95. The molecule has 0 spiro atoms. The van der Waals surface area contributed by atoms with Gasteiger partial charge in [0.1, 0.15) is 0 Å². The lowest BCUT2D eigenvalue weighted by Crippen LogP contribution is -2.47. The van der Waals surface area contributed by atoms with Crippen molar-refractivity contribution < 1.29 is 4.79 Å². The zero-order valence-electron chi connectivity index (χ0n) is 15.6. The van der Waals surface area contributed by atoms with E-state index >= 15 is 0 Å². The smallest absolute Gasteiger partial charge is 0.240 e. The number of rotatable bonds is 5. The fraction of sp³-hybridized carbons (Fsp3) is 0.500. The number of imidazole rings is 1. The lowest BCUT2D eigenvalue weighted by molar-refractivity contribution is -0.129. The van der Waals surface area contributed by atoms with Crippen molar-refractivity contribution >= 4 is 12.1 Å². The van der Waals surface area contributed by atoms with Gasteiger partial charge in [-0.15, -0.1) is 0 Å². The van der Waals surface area contributed by atoms with Gasteiger partial charge >= 0.3 is 0 Å². The number of nitrogens with one attached hydrogen (secondary N) is 1. The van der Waals surface area contributed by atoms with E-state index in [4.69, 9.17) is 0 Å². The zero-order chi connectivity index (χ0) is 18.3. The van der Waals surface area contributed by atoms with Crippen molar-refractivity contribution in [2.24, 2.45) is 28.3 Å². The van der Waals surface area contributed by atoms with Gasteiger partial charge in [0.2, 0.25) is 5.91 Å². The predicted molar refractivity (Wildman–Crippen MR) is 105 cm³/mol. The van der Waals surface area contributed by atoms with Crippen LogP contribution in [-0.4, -0.2) is 21.7 Å². The van der Waals surface area contributed by atoms with E-state index in [1.807, 2.05) is 35.0 Å². The number of hydrogen-bond acceptors (Lipinski definition) is 3. The first-order valence-electron chi connectivity index (χ1n) is 10.1. The third kappa shape index (κ3) is 3.43. The molecule has 1 N–H and O–H groups in total. The van der Waals surface area contributed by atoms with E-state index in [2.05, 4.69) is 15.5 Å². The summed E-state index contributed by atoms with van der Waals surface area (Å²) in [5, 5.41) is 4.19. The summed E-state index contributed by atoms with van der Waals surface area (Å²) in [5.74, 6) is 2.70. The van der Waals surface area contributed by atoms with Crippen LogP contribution in [0.5, 0.6) is 0 Å². The van der Waals surface area contributed by atoms with Crippen LogP contribution >= 0.6 is 0 Å². The molecular formula is C22H26N4O. The topological polar surface area (TPSA) is 59.3 Å². The van der Waals surface area contributed by atoms with Gasteiger partial charge in [-0.1, -0.05) is 12.1 Å². The Morgan fingerprint density at radius 3 is 2.41 bits per heavy atom. The van der Waals surface area contributed by atoms with Gasteiger partial charge in [0.25, 0.3) is 0 Å². The summed E-state index contributed by atoms with van der Waals surface area (Å²) in [6.45, 7) is 0. The van der Waals surface area contributed by atoms with Crippen LogP contribution in [-0.2, 0) is 4.79 Å². The number of hydrogen-bond donors (Lipinski definition) is 1. The van der Waals surface area contributed by atoms with Crippen molar-refractivity contribution in [1.82, 2.24) is 15.0 Å². The Hall–Kier alpha value is -2.43. The number of nitrogens with zero attached hydrogens (tertiary/aromatic N) is 3.